The summed E-state index contributed by atoms with van der Waals surface area (Å²) in [4.78, 5) is 0. The van der Waals surface area contributed by atoms with Gasteiger partial charge in [-0.2, -0.15) is 0 Å². The van der Waals surface area contributed by atoms with Gasteiger partial charge in [0, 0.05) is 10.6 Å². The molecular weight excluding hydrogens is 363 g/mol. The molecular formula is C17H13IO2. The molecule has 1 heterocycles. The van der Waals surface area contributed by atoms with Gasteiger partial charge in [0.05, 0.1) is 0 Å². The Morgan fingerprint density at radius 3 is 2.55 bits per heavy atom. The van der Waals surface area contributed by atoms with Crippen LogP contribution in [0.4, 0.5) is 0 Å². The number of para-hydroxylation sites is 1. The Balaban J connectivity index is 2.05. The first-order chi connectivity index (χ1) is 9.78. The Bertz CT molecular complexity index is 845. The molecule has 0 fully saturated rings. The minimum absolute atomic E-state index is 0.291. The lowest BCUT2D eigenvalue weighted by molar-refractivity contribution is 0.475. The van der Waals surface area contributed by atoms with E-state index in [-0.39, 0.29) is 0 Å². The van der Waals surface area contributed by atoms with Gasteiger partial charge >= 0.3 is 0 Å². The third kappa shape index (κ3) is 2.58. The Morgan fingerprint density at radius 2 is 1.80 bits per heavy atom. The van der Waals surface area contributed by atoms with Crippen LogP contribution >= 0.6 is 22.6 Å². The molecule has 0 spiro atoms. The number of phenols is 1. The van der Waals surface area contributed by atoms with Crippen LogP contribution in [0.2, 0.25) is 0 Å². The first kappa shape index (κ1) is 13.2. The zero-order valence-electron chi connectivity index (χ0n) is 10.7. The summed E-state index contributed by atoms with van der Waals surface area (Å²) in [5.41, 5.74) is 2.95. The lowest BCUT2D eigenvalue weighted by Gasteiger charge is -1.95. The number of phenolic OH excluding ortho intramolecular Hbond substituents is 1. The molecule has 0 aliphatic rings. The van der Waals surface area contributed by atoms with Gasteiger partial charge in [-0.3, -0.25) is 0 Å². The highest BCUT2D eigenvalue weighted by Crippen LogP contribution is 2.11. The molecule has 2 aromatic carbocycles. The first-order valence-corrected chi connectivity index (χ1v) is 7.58. The van der Waals surface area contributed by atoms with Crippen LogP contribution in [0.5, 0.6) is 5.75 Å². The maximum Gasteiger partial charge on any atom is 0.135 e. The highest BCUT2D eigenvalue weighted by Gasteiger charge is 2.01. The fourth-order valence-corrected chi connectivity index (χ4v) is 2.83. The molecule has 0 saturated heterocycles. The van der Waals surface area contributed by atoms with Crippen molar-refractivity contribution in [1.82, 2.24) is 0 Å². The van der Waals surface area contributed by atoms with E-state index in [1.165, 1.54) is 0 Å². The van der Waals surface area contributed by atoms with Crippen molar-refractivity contribution in [3.8, 4) is 5.75 Å². The van der Waals surface area contributed by atoms with Crippen molar-refractivity contribution in [1.29, 1.82) is 0 Å². The average Bonchev–Trinajstić information content (AvgIpc) is 2.84. The number of benzene rings is 2. The van der Waals surface area contributed by atoms with Gasteiger partial charge in [0.1, 0.15) is 16.7 Å². The molecule has 0 aliphatic heterocycles. The first-order valence-electron chi connectivity index (χ1n) is 6.34. The van der Waals surface area contributed by atoms with Crippen LogP contribution in [-0.2, 0) is 6.42 Å². The number of halogens is 1. The Morgan fingerprint density at radius 1 is 1.05 bits per heavy atom. The predicted octanol–water partition coefficient (Wildman–Crippen LogP) is 3.33. The molecule has 1 N–H and O–H groups in total. The van der Waals surface area contributed by atoms with E-state index in [1.54, 1.807) is 12.1 Å². The van der Waals surface area contributed by atoms with Gasteiger partial charge in [0.2, 0.25) is 0 Å². The van der Waals surface area contributed by atoms with Gasteiger partial charge in [-0.05, 0) is 40.3 Å². The molecule has 0 unspecified atom stereocenters. The van der Waals surface area contributed by atoms with Crippen LogP contribution in [0.1, 0.15) is 5.56 Å². The zero-order valence-corrected chi connectivity index (χ0v) is 12.9. The summed E-state index contributed by atoms with van der Waals surface area (Å²) in [5.74, 6) is 0.291. The van der Waals surface area contributed by atoms with E-state index in [1.807, 2.05) is 34.4 Å². The second-order valence-electron chi connectivity index (χ2n) is 4.56. The van der Waals surface area contributed by atoms with Crippen molar-refractivity contribution >= 4 is 43.7 Å². The maximum atomic E-state index is 9.28. The second-order valence-corrected chi connectivity index (χ2v) is 5.18. The van der Waals surface area contributed by atoms with Crippen molar-refractivity contribution in [2.45, 2.75) is 6.42 Å². The zero-order chi connectivity index (χ0) is 13.9. The number of rotatable bonds is 2. The highest BCUT2D eigenvalue weighted by molar-refractivity contribution is 14.1. The summed E-state index contributed by atoms with van der Waals surface area (Å²) in [5, 5.41) is 11.5. The van der Waals surface area contributed by atoms with E-state index in [4.69, 9.17) is 4.42 Å². The Hall–Kier alpha value is -1.75. The molecule has 20 heavy (non-hydrogen) atoms. The molecule has 3 heteroatoms. The molecule has 1 aromatic heterocycles. The summed E-state index contributed by atoms with van der Waals surface area (Å²) in [6.45, 7) is 0. The van der Waals surface area contributed by atoms with Gasteiger partial charge in [-0.25, -0.2) is 0 Å². The summed E-state index contributed by atoms with van der Waals surface area (Å²) in [6, 6.07) is 15.3. The fourth-order valence-electron chi connectivity index (χ4n) is 2.19. The topological polar surface area (TPSA) is 33.4 Å². The minimum Gasteiger partial charge on any atom is -0.508 e. The van der Waals surface area contributed by atoms with Crippen LogP contribution in [0.15, 0.2) is 52.9 Å². The van der Waals surface area contributed by atoms with Crippen molar-refractivity contribution < 1.29 is 9.52 Å². The van der Waals surface area contributed by atoms with Crippen LogP contribution in [0.3, 0.4) is 0 Å². The number of hydrogen-bond donors (Lipinski definition) is 1. The molecule has 0 atom stereocenters. The van der Waals surface area contributed by atoms with Crippen molar-refractivity contribution in [3.63, 3.8) is 0 Å². The third-order valence-corrected chi connectivity index (χ3v) is 3.85. The predicted molar refractivity (Wildman–Crippen MR) is 90.2 cm³/mol. The lowest BCUT2D eigenvalue weighted by atomic mass is 10.1. The number of hydrogen-bond acceptors (Lipinski definition) is 2. The van der Waals surface area contributed by atoms with Crippen molar-refractivity contribution in [3.05, 3.63) is 64.7 Å². The third-order valence-electron chi connectivity index (χ3n) is 3.23. The van der Waals surface area contributed by atoms with E-state index >= 15 is 0 Å². The maximum absolute atomic E-state index is 9.28. The van der Waals surface area contributed by atoms with Gasteiger partial charge < -0.3 is 9.52 Å². The largest absolute Gasteiger partial charge is 0.508 e. The fraction of sp³-hybridized carbons (Fsp3) is 0.0588. The smallest absolute Gasteiger partial charge is 0.135 e. The van der Waals surface area contributed by atoms with Crippen LogP contribution in [-0.4, -0.2) is 5.11 Å². The number of fused-ring (bicyclic) bond motifs is 1. The summed E-state index contributed by atoms with van der Waals surface area (Å²) < 4.78 is 7.94. The van der Waals surface area contributed by atoms with Gasteiger partial charge in [-0.15, -0.1) is 0 Å². The number of furan rings is 1. The van der Waals surface area contributed by atoms with Crippen molar-refractivity contribution in [2.24, 2.45) is 0 Å². The molecule has 2 nitrogen and oxygen atoms in total. The van der Waals surface area contributed by atoms with E-state index in [2.05, 4.69) is 34.7 Å². The average molecular weight is 376 g/mol. The monoisotopic (exact) mass is 376 g/mol. The molecule has 0 bridgehead atoms. The lowest BCUT2D eigenvalue weighted by Crippen LogP contribution is -2.19. The molecule has 3 rings (SSSR count). The van der Waals surface area contributed by atoms with Crippen LogP contribution in [0.25, 0.3) is 21.1 Å². The van der Waals surface area contributed by atoms with Crippen molar-refractivity contribution in [2.75, 3.05) is 0 Å². The highest BCUT2D eigenvalue weighted by atomic mass is 127. The standard InChI is InChI=1S/C17H13IO2/c18-11-15-14-3-1-2-4-16(14)20-17(15)10-7-12-5-8-13(19)9-6-12/h1-6,8-11,19H,7H2/b15-11-,17-10+. The van der Waals surface area contributed by atoms with E-state index in [0.717, 1.165) is 33.6 Å². The van der Waals surface area contributed by atoms with Crippen LogP contribution < -0.4 is 10.6 Å². The van der Waals surface area contributed by atoms with Gasteiger partial charge in [0.25, 0.3) is 0 Å². The second kappa shape index (κ2) is 5.71. The van der Waals surface area contributed by atoms with Gasteiger partial charge in [-0.1, -0.05) is 52.9 Å². The molecule has 0 radical (unpaired) electrons. The molecule has 0 saturated carbocycles. The SMILES string of the molecule is Oc1ccc(C/C=c2/oc3ccccc3/c2=C/I)cc1. The molecule has 3 aromatic rings. The van der Waals surface area contributed by atoms with Gasteiger partial charge in [0.15, 0.2) is 0 Å². The normalized spacial score (nSPS) is 13.2. The summed E-state index contributed by atoms with van der Waals surface area (Å²) >= 11 is 2.24. The minimum atomic E-state index is 0.291. The Labute approximate surface area is 130 Å². The summed E-state index contributed by atoms with van der Waals surface area (Å²) in [7, 11) is 0. The quantitative estimate of drug-likeness (QED) is 0.697. The molecule has 0 aliphatic carbocycles. The van der Waals surface area contributed by atoms with E-state index < -0.39 is 0 Å². The molecule has 0 amide bonds. The Kier molecular flexibility index (Phi) is 3.78. The summed E-state index contributed by atoms with van der Waals surface area (Å²) in [6.07, 6.45) is 2.86. The van der Waals surface area contributed by atoms with E-state index in [0.29, 0.717) is 5.75 Å². The molecule has 100 valence electrons. The van der Waals surface area contributed by atoms with E-state index in [9.17, 15) is 5.11 Å². The van der Waals surface area contributed by atoms with Crippen LogP contribution in [0, 0.1) is 0 Å². The number of aromatic hydroxyl groups is 1.